The zero-order chi connectivity index (χ0) is 14.5. The minimum Gasteiger partial charge on any atom is -0.493 e. The number of hydrogen-bond acceptors (Lipinski definition) is 5. The van der Waals surface area contributed by atoms with E-state index in [-0.39, 0.29) is 0 Å². The molecule has 0 atom stereocenters. The second-order valence-electron chi connectivity index (χ2n) is 4.89. The molecule has 0 unspecified atom stereocenters. The first-order valence-corrected chi connectivity index (χ1v) is 6.66. The Labute approximate surface area is 120 Å². The summed E-state index contributed by atoms with van der Waals surface area (Å²) in [7, 11) is 7.34. The van der Waals surface area contributed by atoms with Gasteiger partial charge in [0.1, 0.15) is 0 Å². The van der Waals surface area contributed by atoms with E-state index in [9.17, 15) is 0 Å². The SMILES string of the molecule is COC1=CCC2=CC=C(NCCN(C)C)OC2=C1OC. The lowest BCUT2D eigenvalue weighted by Gasteiger charge is -2.25. The van der Waals surface area contributed by atoms with Crippen LogP contribution in [0.2, 0.25) is 0 Å². The van der Waals surface area contributed by atoms with Gasteiger partial charge in [-0.2, -0.15) is 0 Å². The highest BCUT2D eigenvalue weighted by Gasteiger charge is 2.26. The van der Waals surface area contributed by atoms with Gasteiger partial charge < -0.3 is 24.4 Å². The van der Waals surface area contributed by atoms with Crippen LogP contribution in [0.5, 0.6) is 0 Å². The first-order valence-electron chi connectivity index (χ1n) is 6.66. The highest BCUT2D eigenvalue weighted by Crippen LogP contribution is 2.34. The first kappa shape index (κ1) is 14.5. The van der Waals surface area contributed by atoms with Crippen molar-refractivity contribution in [2.24, 2.45) is 0 Å². The number of nitrogens with one attached hydrogen (secondary N) is 1. The van der Waals surface area contributed by atoms with E-state index in [1.807, 2.05) is 26.2 Å². The Balaban J connectivity index is 2.10. The quantitative estimate of drug-likeness (QED) is 0.801. The molecular weight excluding hydrogens is 256 g/mol. The molecule has 1 N–H and O–H groups in total. The van der Waals surface area contributed by atoms with Crippen LogP contribution in [0.1, 0.15) is 6.42 Å². The van der Waals surface area contributed by atoms with Crippen molar-refractivity contribution in [3.8, 4) is 0 Å². The Morgan fingerprint density at radius 1 is 1.25 bits per heavy atom. The lowest BCUT2D eigenvalue weighted by molar-refractivity contribution is 0.180. The molecule has 0 fully saturated rings. The van der Waals surface area contributed by atoms with Gasteiger partial charge in [-0.15, -0.1) is 0 Å². The summed E-state index contributed by atoms with van der Waals surface area (Å²) in [5.74, 6) is 2.83. The molecule has 110 valence electrons. The summed E-state index contributed by atoms with van der Waals surface area (Å²) >= 11 is 0. The monoisotopic (exact) mass is 278 g/mol. The molecule has 2 aliphatic rings. The molecule has 1 heterocycles. The summed E-state index contributed by atoms with van der Waals surface area (Å²) in [6.45, 7) is 1.77. The van der Waals surface area contributed by atoms with Crippen LogP contribution in [0.3, 0.4) is 0 Å². The van der Waals surface area contributed by atoms with Crippen molar-refractivity contribution in [2.75, 3.05) is 41.4 Å². The number of ether oxygens (including phenoxy) is 3. The number of allylic oxidation sites excluding steroid dienone is 4. The average molecular weight is 278 g/mol. The summed E-state index contributed by atoms with van der Waals surface area (Å²) in [6, 6.07) is 0. The van der Waals surface area contributed by atoms with Crippen molar-refractivity contribution in [2.45, 2.75) is 6.42 Å². The lowest BCUT2D eigenvalue weighted by Crippen LogP contribution is -2.28. The summed E-state index contributed by atoms with van der Waals surface area (Å²) in [6.07, 6.45) is 6.79. The highest BCUT2D eigenvalue weighted by molar-refractivity contribution is 5.46. The van der Waals surface area contributed by atoms with Crippen LogP contribution in [0.25, 0.3) is 0 Å². The third kappa shape index (κ3) is 3.17. The van der Waals surface area contributed by atoms with E-state index >= 15 is 0 Å². The number of rotatable bonds is 6. The number of likely N-dealkylation sites (N-methyl/N-ethyl adjacent to an activating group) is 1. The van der Waals surface area contributed by atoms with Crippen molar-refractivity contribution in [3.63, 3.8) is 0 Å². The summed E-state index contributed by atoms with van der Waals surface area (Å²) in [5, 5.41) is 3.27. The van der Waals surface area contributed by atoms with E-state index in [4.69, 9.17) is 14.2 Å². The third-order valence-electron chi connectivity index (χ3n) is 3.16. The molecule has 0 saturated heterocycles. The van der Waals surface area contributed by atoms with Gasteiger partial charge in [-0.3, -0.25) is 0 Å². The maximum atomic E-state index is 5.90. The molecule has 0 saturated carbocycles. The number of hydrogen-bond donors (Lipinski definition) is 1. The molecule has 0 amide bonds. The predicted octanol–water partition coefficient (Wildman–Crippen LogP) is 1.73. The minimum atomic E-state index is 0.644. The van der Waals surface area contributed by atoms with Crippen LogP contribution in [-0.2, 0) is 14.2 Å². The maximum absolute atomic E-state index is 5.90. The fourth-order valence-corrected chi connectivity index (χ4v) is 2.09. The Morgan fingerprint density at radius 3 is 2.70 bits per heavy atom. The van der Waals surface area contributed by atoms with E-state index in [2.05, 4.69) is 16.3 Å². The van der Waals surface area contributed by atoms with Crippen LogP contribution >= 0.6 is 0 Å². The van der Waals surface area contributed by atoms with Crippen molar-refractivity contribution in [3.05, 3.63) is 47.0 Å². The fourth-order valence-electron chi connectivity index (χ4n) is 2.09. The van der Waals surface area contributed by atoms with E-state index in [0.29, 0.717) is 11.5 Å². The molecule has 1 aliphatic heterocycles. The molecule has 0 aromatic carbocycles. The van der Waals surface area contributed by atoms with Gasteiger partial charge in [0.05, 0.1) is 14.2 Å². The molecular formula is C15H22N2O3. The number of nitrogens with zero attached hydrogens (tertiary/aromatic N) is 1. The second kappa shape index (κ2) is 6.52. The maximum Gasteiger partial charge on any atom is 0.203 e. The van der Waals surface area contributed by atoms with Gasteiger partial charge in [0.25, 0.3) is 0 Å². The van der Waals surface area contributed by atoms with Gasteiger partial charge >= 0.3 is 0 Å². The van der Waals surface area contributed by atoms with E-state index < -0.39 is 0 Å². The molecule has 5 nitrogen and oxygen atoms in total. The Hall–Kier alpha value is -1.88. The molecule has 5 heteroatoms. The summed E-state index contributed by atoms with van der Waals surface area (Å²) in [4.78, 5) is 2.11. The summed E-state index contributed by atoms with van der Waals surface area (Å²) in [5.41, 5.74) is 1.10. The van der Waals surface area contributed by atoms with Crippen molar-refractivity contribution >= 4 is 0 Å². The fraction of sp³-hybridized carbons (Fsp3) is 0.467. The molecule has 0 aromatic rings. The van der Waals surface area contributed by atoms with E-state index in [1.165, 1.54) is 0 Å². The van der Waals surface area contributed by atoms with E-state index in [1.54, 1.807) is 14.2 Å². The van der Waals surface area contributed by atoms with Crippen molar-refractivity contribution < 1.29 is 14.2 Å². The van der Waals surface area contributed by atoms with E-state index in [0.717, 1.165) is 36.7 Å². The molecule has 1 aliphatic carbocycles. The molecule has 2 rings (SSSR count). The largest absolute Gasteiger partial charge is 0.493 e. The topological polar surface area (TPSA) is 43.0 Å². The van der Waals surface area contributed by atoms with Gasteiger partial charge in [-0.1, -0.05) is 0 Å². The van der Waals surface area contributed by atoms with Crippen LogP contribution < -0.4 is 5.32 Å². The Kier molecular flexibility index (Phi) is 4.74. The second-order valence-corrected chi connectivity index (χ2v) is 4.89. The van der Waals surface area contributed by atoms with Crippen LogP contribution in [0, 0.1) is 0 Å². The van der Waals surface area contributed by atoms with Crippen molar-refractivity contribution in [1.82, 2.24) is 10.2 Å². The molecule has 0 aromatic heterocycles. The Morgan fingerprint density at radius 2 is 2.05 bits per heavy atom. The zero-order valence-corrected chi connectivity index (χ0v) is 12.5. The normalized spacial score (nSPS) is 17.8. The van der Waals surface area contributed by atoms with Gasteiger partial charge in [0.2, 0.25) is 5.76 Å². The van der Waals surface area contributed by atoms with Gasteiger partial charge in [0.15, 0.2) is 17.4 Å². The standard InChI is InChI=1S/C15H22N2O3/c1-17(2)10-9-16-13-8-6-11-5-7-12(18-3)15(19-4)14(11)20-13/h6-8,16H,5,9-10H2,1-4H3. The first-order chi connectivity index (χ1) is 9.65. The van der Waals surface area contributed by atoms with Gasteiger partial charge in [0, 0.05) is 18.7 Å². The zero-order valence-electron chi connectivity index (χ0n) is 12.5. The molecule has 20 heavy (non-hydrogen) atoms. The average Bonchev–Trinajstić information content (AvgIpc) is 2.45. The third-order valence-corrected chi connectivity index (χ3v) is 3.16. The lowest BCUT2D eigenvalue weighted by atomic mass is 10.0. The Bertz CT molecular complexity index is 487. The smallest absolute Gasteiger partial charge is 0.203 e. The predicted molar refractivity (Wildman–Crippen MR) is 77.6 cm³/mol. The number of fused-ring (bicyclic) bond motifs is 1. The molecule has 0 spiro atoms. The van der Waals surface area contributed by atoms with Crippen LogP contribution in [-0.4, -0.2) is 46.3 Å². The van der Waals surface area contributed by atoms with Gasteiger partial charge in [-0.05, 0) is 38.7 Å². The van der Waals surface area contributed by atoms with Crippen LogP contribution in [0.15, 0.2) is 47.0 Å². The molecule has 0 radical (unpaired) electrons. The van der Waals surface area contributed by atoms with Gasteiger partial charge in [-0.25, -0.2) is 0 Å². The summed E-state index contributed by atoms with van der Waals surface area (Å²) < 4.78 is 16.6. The number of methoxy groups -OCH3 is 2. The highest BCUT2D eigenvalue weighted by atomic mass is 16.5. The minimum absolute atomic E-state index is 0.644. The van der Waals surface area contributed by atoms with Crippen molar-refractivity contribution in [1.29, 1.82) is 0 Å². The molecule has 0 bridgehead atoms. The van der Waals surface area contributed by atoms with Crippen LogP contribution in [0.4, 0.5) is 0 Å².